The van der Waals surface area contributed by atoms with Gasteiger partial charge in [0.2, 0.25) is 6.29 Å². The molecule has 134 valence electrons. The number of hydrogen-bond donors (Lipinski definition) is 1. The second-order valence-corrected chi connectivity index (χ2v) is 5.74. The summed E-state index contributed by atoms with van der Waals surface area (Å²) in [7, 11) is 1.48. The number of carbonyl (C=O) groups is 1. The number of ether oxygens (including phenoxy) is 2. The van der Waals surface area contributed by atoms with E-state index < -0.39 is 28.7 Å². The van der Waals surface area contributed by atoms with E-state index in [0.717, 1.165) is 6.20 Å². The van der Waals surface area contributed by atoms with Crippen molar-refractivity contribution < 1.29 is 32.4 Å². The van der Waals surface area contributed by atoms with Crippen LogP contribution in [0.1, 0.15) is 18.9 Å². The number of aryl methyl sites for hydroxylation is 1. The molecular formula is C12H15F3N4O5. The zero-order chi connectivity index (χ0) is 18.1. The topological polar surface area (TPSA) is 109 Å². The Hall–Kier alpha value is -2.21. The first-order valence-electron chi connectivity index (χ1n) is 6.78. The summed E-state index contributed by atoms with van der Waals surface area (Å²) in [5.74, 6) is -2.05. The van der Waals surface area contributed by atoms with Crippen LogP contribution in [0.3, 0.4) is 0 Å². The predicted octanol–water partition coefficient (Wildman–Crippen LogP) is 1.06. The van der Waals surface area contributed by atoms with Crippen molar-refractivity contribution in [2.24, 2.45) is 12.5 Å². The molecule has 9 nitrogen and oxygen atoms in total. The third-order valence-corrected chi connectivity index (χ3v) is 3.48. The standard InChI is InChI=1S/C12H15F3N4O5/c1-11(4-16-10(20)12(13,14)15)5-23-9(24-6-11)8-7(19(21)22)3-17-18(8)2/h3,9H,4-6H2,1-2H3,(H,16,20)/t9-,11+. The monoisotopic (exact) mass is 352 g/mol. The summed E-state index contributed by atoms with van der Waals surface area (Å²) in [6.45, 7) is 1.14. The first kappa shape index (κ1) is 18.1. The maximum atomic E-state index is 12.2. The minimum Gasteiger partial charge on any atom is -0.348 e. The Morgan fingerprint density at radius 2 is 2.12 bits per heavy atom. The van der Waals surface area contributed by atoms with E-state index in [1.165, 1.54) is 11.7 Å². The highest BCUT2D eigenvalue weighted by Gasteiger charge is 2.42. The zero-order valence-electron chi connectivity index (χ0n) is 12.8. The lowest BCUT2D eigenvalue weighted by atomic mass is 9.92. The molecule has 0 radical (unpaired) electrons. The summed E-state index contributed by atoms with van der Waals surface area (Å²) in [5.41, 5.74) is -1.08. The Kier molecular flexibility index (Phi) is 4.80. The maximum absolute atomic E-state index is 12.2. The van der Waals surface area contributed by atoms with Gasteiger partial charge in [0.25, 0.3) is 0 Å². The molecule has 1 aromatic rings. The number of amides is 1. The maximum Gasteiger partial charge on any atom is 0.471 e. The van der Waals surface area contributed by atoms with Crippen LogP contribution in [0.2, 0.25) is 0 Å². The van der Waals surface area contributed by atoms with Gasteiger partial charge in [-0.3, -0.25) is 19.6 Å². The molecule has 0 atom stereocenters. The lowest BCUT2D eigenvalue weighted by molar-refractivity contribution is -0.388. The molecule has 1 aliphatic heterocycles. The molecule has 1 aliphatic rings. The number of rotatable bonds is 4. The fourth-order valence-corrected chi connectivity index (χ4v) is 2.15. The largest absolute Gasteiger partial charge is 0.471 e. The molecule has 0 aromatic carbocycles. The van der Waals surface area contributed by atoms with Crippen molar-refractivity contribution in [3.8, 4) is 0 Å². The molecule has 0 unspecified atom stereocenters. The highest BCUT2D eigenvalue weighted by Crippen LogP contribution is 2.35. The average Bonchev–Trinajstić information content (AvgIpc) is 2.87. The number of aromatic nitrogens is 2. The second kappa shape index (κ2) is 6.36. The van der Waals surface area contributed by atoms with Crippen LogP contribution in [0.5, 0.6) is 0 Å². The second-order valence-electron chi connectivity index (χ2n) is 5.74. The summed E-state index contributed by atoms with van der Waals surface area (Å²) >= 11 is 0. The number of alkyl halides is 3. The van der Waals surface area contributed by atoms with Gasteiger partial charge in [-0.2, -0.15) is 18.3 Å². The first-order valence-corrected chi connectivity index (χ1v) is 6.78. The zero-order valence-corrected chi connectivity index (χ0v) is 12.8. The average molecular weight is 352 g/mol. The van der Waals surface area contributed by atoms with Crippen molar-refractivity contribution in [1.82, 2.24) is 15.1 Å². The number of nitrogens with zero attached hydrogens (tertiary/aromatic N) is 3. The van der Waals surface area contributed by atoms with Crippen LogP contribution >= 0.6 is 0 Å². The van der Waals surface area contributed by atoms with Gasteiger partial charge in [-0.15, -0.1) is 0 Å². The van der Waals surface area contributed by atoms with E-state index in [-0.39, 0.29) is 31.1 Å². The van der Waals surface area contributed by atoms with Gasteiger partial charge >= 0.3 is 17.8 Å². The van der Waals surface area contributed by atoms with Crippen LogP contribution in [0.15, 0.2) is 6.20 Å². The molecule has 0 spiro atoms. The van der Waals surface area contributed by atoms with Crippen molar-refractivity contribution in [3.05, 3.63) is 22.0 Å². The van der Waals surface area contributed by atoms with Gasteiger partial charge in [0.15, 0.2) is 5.69 Å². The van der Waals surface area contributed by atoms with Crippen molar-refractivity contribution in [2.75, 3.05) is 19.8 Å². The molecular weight excluding hydrogens is 337 g/mol. The lowest BCUT2D eigenvalue weighted by Crippen LogP contribution is -2.48. The van der Waals surface area contributed by atoms with Gasteiger partial charge in [-0.25, -0.2) is 0 Å². The minimum atomic E-state index is -4.97. The smallest absolute Gasteiger partial charge is 0.348 e. The number of hydrogen-bond acceptors (Lipinski definition) is 6. The minimum absolute atomic E-state index is 0.0574. The van der Waals surface area contributed by atoms with E-state index in [2.05, 4.69) is 5.10 Å². The van der Waals surface area contributed by atoms with Crippen molar-refractivity contribution in [2.45, 2.75) is 19.4 Å². The molecule has 2 rings (SSSR count). The van der Waals surface area contributed by atoms with Gasteiger partial charge in [0.1, 0.15) is 6.20 Å². The van der Waals surface area contributed by atoms with Crippen LogP contribution in [-0.4, -0.2) is 46.5 Å². The Labute approximate surface area is 133 Å². The van der Waals surface area contributed by atoms with Gasteiger partial charge < -0.3 is 14.8 Å². The summed E-state index contributed by atoms with van der Waals surface area (Å²) in [6.07, 6.45) is -4.98. The summed E-state index contributed by atoms with van der Waals surface area (Å²) in [6, 6.07) is 0. The van der Waals surface area contributed by atoms with Crippen molar-refractivity contribution in [3.63, 3.8) is 0 Å². The Bertz CT molecular complexity index is 637. The fraction of sp³-hybridized carbons (Fsp3) is 0.667. The van der Waals surface area contributed by atoms with Crippen LogP contribution in [0, 0.1) is 15.5 Å². The first-order chi connectivity index (χ1) is 11.0. The SMILES string of the molecule is Cn1ncc([N+](=O)[O-])c1[C@H]1OC[C@@](C)(CNC(=O)C(F)(F)F)CO1. The molecule has 2 heterocycles. The predicted molar refractivity (Wildman–Crippen MR) is 71.7 cm³/mol. The molecule has 0 bridgehead atoms. The molecule has 1 amide bonds. The molecule has 0 aliphatic carbocycles. The Morgan fingerprint density at radius 3 is 2.62 bits per heavy atom. The molecule has 24 heavy (non-hydrogen) atoms. The number of carbonyl (C=O) groups excluding carboxylic acids is 1. The summed E-state index contributed by atoms with van der Waals surface area (Å²) < 4.78 is 48.6. The molecule has 1 fully saturated rings. The van der Waals surface area contributed by atoms with Crippen LogP contribution in [0.4, 0.5) is 18.9 Å². The van der Waals surface area contributed by atoms with Crippen LogP contribution in [0.25, 0.3) is 0 Å². The van der Waals surface area contributed by atoms with E-state index in [9.17, 15) is 28.1 Å². The quantitative estimate of drug-likeness (QED) is 0.641. The van der Waals surface area contributed by atoms with Gasteiger partial charge in [0.05, 0.1) is 18.1 Å². The van der Waals surface area contributed by atoms with E-state index in [0.29, 0.717) is 0 Å². The van der Waals surface area contributed by atoms with E-state index in [4.69, 9.17) is 9.47 Å². The van der Waals surface area contributed by atoms with Crippen LogP contribution in [-0.2, 0) is 21.3 Å². The van der Waals surface area contributed by atoms with E-state index >= 15 is 0 Å². The lowest BCUT2D eigenvalue weighted by Gasteiger charge is -2.37. The Balaban J connectivity index is 1.99. The van der Waals surface area contributed by atoms with Crippen molar-refractivity contribution in [1.29, 1.82) is 0 Å². The van der Waals surface area contributed by atoms with Crippen LogP contribution < -0.4 is 5.32 Å². The van der Waals surface area contributed by atoms with E-state index in [1.807, 2.05) is 0 Å². The van der Waals surface area contributed by atoms with Gasteiger partial charge in [-0.05, 0) is 0 Å². The molecule has 1 saturated heterocycles. The normalized spacial score (nSPS) is 24.6. The highest BCUT2D eigenvalue weighted by atomic mass is 19.4. The van der Waals surface area contributed by atoms with E-state index in [1.54, 1.807) is 12.2 Å². The summed E-state index contributed by atoms with van der Waals surface area (Å²) in [4.78, 5) is 21.2. The number of nitro groups is 1. The third-order valence-electron chi connectivity index (χ3n) is 3.48. The fourth-order valence-electron chi connectivity index (χ4n) is 2.15. The molecule has 0 saturated carbocycles. The Morgan fingerprint density at radius 1 is 1.54 bits per heavy atom. The number of nitrogens with one attached hydrogen (secondary N) is 1. The molecule has 1 aromatic heterocycles. The van der Waals surface area contributed by atoms with Crippen molar-refractivity contribution >= 4 is 11.6 Å². The molecule has 1 N–H and O–H groups in total. The van der Waals surface area contributed by atoms with Gasteiger partial charge in [0, 0.05) is 19.0 Å². The summed E-state index contributed by atoms with van der Waals surface area (Å²) in [5, 5.41) is 16.5. The third kappa shape index (κ3) is 3.82. The van der Waals surface area contributed by atoms with Gasteiger partial charge in [-0.1, -0.05) is 6.92 Å². The molecule has 12 heteroatoms. The highest BCUT2D eigenvalue weighted by molar-refractivity contribution is 5.81. The number of halogens is 3.